The summed E-state index contributed by atoms with van der Waals surface area (Å²) in [6.07, 6.45) is 0. The summed E-state index contributed by atoms with van der Waals surface area (Å²) in [4.78, 5) is 0. The summed E-state index contributed by atoms with van der Waals surface area (Å²) in [7, 11) is 3.23. The van der Waals surface area contributed by atoms with E-state index in [1.54, 1.807) is 14.2 Å². The van der Waals surface area contributed by atoms with Crippen molar-refractivity contribution >= 4 is 10.9 Å². The maximum atomic E-state index is 9.69. The van der Waals surface area contributed by atoms with Crippen molar-refractivity contribution in [1.29, 1.82) is 5.26 Å². The van der Waals surface area contributed by atoms with Gasteiger partial charge in [0, 0.05) is 23.0 Å². The summed E-state index contributed by atoms with van der Waals surface area (Å²) in [5.74, 6) is 1.33. The Morgan fingerprint density at radius 3 is 2.43 bits per heavy atom. The predicted molar refractivity (Wildman–Crippen MR) is 90.9 cm³/mol. The standard InChI is InChI=1S/C19H18N2O2/c1-4-21-16-8-6-5-7-14(16)15(12-20)19(21)13-9-10-17(22-2)18(11-13)23-3/h5-11H,4H2,1-3H3. The SMILES string of the molecule is CCn1c(-c2ccc(OC)c(OC)c2)c(C#N)c2ccccc21. The van der Waals surface area contributed by atoms with Crippen molar-refractivity contribution in [3.63, 3.8) is 0 Å². The number of hydrogen-bond donors (Lipinski definition) is 0. The second kappa shape index (κ2) is 6.05. The minimum Gasteiger partial charge on any atom is -0.493 e. The van der Waals surface area contributed by atoms with Crippen LogP contribution >= 0.6 is 0 Å². The molecule has 0 aliphatic carbocycles. The zero-order valence-electron chi connectivity index (χ0n) is 13.5. The molecule has 0 fully saturated rings. The van der Waals surface area contributed by atoms with E-state index in [0.717, 1.165) is 28.7 Å². The van der Waals surface area contributed by atoms with E-state index in [1.165, 1.54) is 0 Å². The lowest BCUT2D eigenvalue weighted by Crippen LogP contribution is -1.98. The third-order valence-corrected chi connectivity index (χ3v) is 4.06. The number of hydrogen-bond acceptors (Lipinski definition) is 3. The maximum Gasteiger partial charge on any atom is 0.161 e. The number of fused-ring (bicyclic) bond motifs is 1. The van der Waals surface area contributed by atoms with Gasteiger partial charge in [0.1, 0.15) is 6.07 Å². The van der Waals surface area contributed by atoms with Crippen molar-refractivity contribution in [3.05, 3.63) is 48.0 Å². The highest BCUT2D eigenvalue weighted by atomic mass is 16.5. The lowest BCUT2D eigenvalue weighted by molar-refractivity contribution is 0.355. The number of ether oxygens (including phenoxy) is 2. The van der Waals surface area contributed by atoms with Gasteiger partial charge in [-0.15, -0.1) is 0 Å². The fourth-order valence-electron chi connectivity index (χ4n) is 3.03. The van der Waals surface area contributed by atoms with Gasteiger partial charge in [-0.1, -0.05) is 18.2 Å². The number of nitriles is 1. The minimum absolute atomic E-state index is 0.654. The molecule has 0 atom stereocenters. The normalized spacial score (nSPS) is 10.5. The van der Waals surface area contributed by atoms with E-state index in [0.29, 0.717) is 17.1 Å². The zero-order chi connectivity index (χ0) is 16.4. The molecule has 4 nitrogen and oxygen atoms in total. The first-order valence-electron chi connectivity index (χ1n) is 7.48. The van der Waals surface area contributed by atoms with Gasteiger partial charge in [0.05, 0.1) is 25.5 Å². The smallest absolute Gasteiger partial charge is 0.161 e. The Kier molecular flexibility index (Phi) is 3.94. The van der Waals surface area contributed by atoms with E-state index in [4.69, 9.17) is 9.47 Å². The highest BCUT2D eigenvalue weighted by molar-refractivity contribution is 5.94. The van der Waals surface area contributed by atoms with Gasteiger partial charge in [-0.05, 0) is 31.2 Å². The molecule has 23 heavy (non-hydrogen) atoms. The molecule has 0 unspecified atom stereocenters. The van der Waals surface area contributed by atoms with Crippen LogP contribution in [-0.4, -0.2) is 18.8 Å². The first kappa shape index (κ1) is 15.0. The number of para-hydroxylation sites is 1. The van der Waals surface area contributed by atoms with Crippen LogP contribution in [-0.2, 0) is 6.54 Å². The summed E-state index contributed by atoms with van der Waals surface area (Å²) >= 11 is 0. The van der Waals surface area contributed by atoms with Gasteiger partial charge in [0.15, 0.2) is 11.5 Å². The van der Waals surface area contributed by atoms with Crippen molar-refractivity contribution in [2.24, 2.45) is 0 Å². The first-order chi connectivity index (χ1) is 11.2. The van der Waals surface area contributed by atoms with Crippen LogP contribution in [0.1, 0.15) is 12.5 Å². The van der Waals surface area contributed by atoms with Crippen LogP contribution in [0.25, 0.3) is 22.2 Å². The van der Waals surface area contributed by atoms with E-state index in [9.17, 15) is 5.26 Å². The van der Waals surface area contributed by atoms with Gasteiger partial charge >= 0.3 is 0 Å². The zero-order valence-corrected chi connectivity index (χ0v) is 13.5. The second-order valence-electron chi connectivity index (χ2n) is 5.17. The molecule has 0 radical (unpaired) electrons. The van der Waals surface area contributed by atoms with Crippen molar-refractivity contribution < 1.29 is 9.47 Å². The summed E-state index contributed by atoms with van der Waals surface area (Å²) in [6, 6.07) is 16.1. The molecule has 0 aliphatic rings. The van der Waals surface area contributed by atoms with E-state index in [-0.39, 0.29) is 0 Å². The average molecular weight is 306 g/mol. The van der Waals surface area contributed by atoms with Gasteiger partial charge in [0.2, 0.25) is 0 Å². The fraction of sp³-hybridized carbons (Fsp3) is 0.211. The van der Waals surface area contributed by atoms with Crippen LogP contribution in [0.5, 0.6) is 11.5 Å². The molecule has 0 saturated heterocycles. The first-order valence-corrected chi connectivity index (χ1v) is 7.48. The van der Waals surface area contributed by atoms with E-state index in [2.05, 4.69) is 17.6 Å². The molecule has 0 aliphatic heterocycles. The van der Waals surface area contributed by atoms with Crippen molar-refractivity contribution in [2.45, 2.75) is 13.5 Å². The molecule has 1 aromatic heterocycles. The van der Waals surface area contributed by atoms with Crippen LogP contribution in [0.4, 0.5) is 0 Å². The number of aromatic nitrogens is 1. The lowest BCUT2D eigenvalue weighted by atomic mass is 10.1. The monoisotopic (exact) mass is 306 g/mol. The Morgan fingerprint density at radius 2 is 1.78 bits per heavy atom. The molecule has 0 amide bonds. The molecule has 3 rings (SSSR count). The van der Waals surface area contributed by atoms with Gasteiger partial charge in [-0.25, -0.2) is 0 Å². The Hall–Kier alpha value is -2.93. The number of aryl methyl sites for hydroxylation is 1. The van der Waals surface area contributed by atoms with Crippen LogP contribution in [0.2, 0.25) is 0 Å². The summed E-state index contributed by atoms with van der Waals surface area (Å²) in [5.41, 5.74) is 3.61. The van der Waals surface area contributed by atoms with Crippen molar-refractivity contribution in [1.82, 2.24) is 4.57 Å². The van der Waals surface area contributed by atoms with Crippen LogP contribution in [0.3, 0.4) is 0 Å². The molecule has 0 saturated carbocycles. The molecule has 3 aromatic rings. The van der Waals surface area contributed by atoms with Crippen LogP contribution in [0.15, 0.2) is 42.5 Å². The molecule has 2 aromatic carbocycles. The number of benzene rings is 2. The van der Waals surface area contributed by atoms with Gasteiger partial charge in [-0.3, -0.25) is 0 Å². The number of methoxy groups -OCH3 is 2. The van der Waals surface area contributed by atoms with Gasteiger partial charge < -0.3 is 14.0 Å². The van der Waals surface area contributed by atoms with Crippen LogP contribution in [0, 0.1) is 11.3 Å². The third-order valence-electron chi connectivity index (χ3n) is 4.06. The highest BCUT2D eigenvalue weighted by Crippen LogP contribution is 2.37. The Labute approximate surface area is 135 Å². The highest BCUT2D eigenvalue weighted by Gasteiger charge is 2.18. The molecule has 0 N–H and O–H groups in total. The molecule has 1 heterocycles. The van der Waals surface area contributed by atoms with E-state index in [1.807, 2.05) is 42.5 Å². The van der Waals surface area contributed by atoms with E-state index < -0.39 is 0 Å². The van der Waals surface area contributed by atoms with E-state index >= 15 is 0 Å². The molecule has 4 heteroatoms. The second-order valence-corrected chi connectivity index (χ2v) is 5.17. The average Bonchev–Trinajstić information content (AvgIpc) is 2.94. The van der Waals surface area contributed by atoms with Crippen LogP contribution < -0.4 is 9.47 Å². The molecular formula is C19H18N2O2. The molecule has 116 valence electrons. The molecule has 0 bridgehead atoms. The summed E-state index contributed by atoms with van der Waals surface area (Å²) in [6.45, 7) is 2.86. The molecule has 0 spiro atoms. The maximum absolute atomic E-state index is 9.69. The van der Waals surface area contributed by atoms with Crippen molar-refractivity contribution in [2.75, 3.05) is 14.2 Å². The summed E-state index contributed by atoms with van der Waals surface area (Å²) < 4.78 is 12.9. The minimum atomic E-state index is 0.654. The topological polar surface area (TPSA) is 47.2 Å². The van der Waals surface area contributed by atoms with Crippen molar-refractivity contribution in [3.8, 4) is 28.8 Å². The number of nitrogens with zero attached hydrogens (tertiary/aromatic N) is 2. The molecular weight excluding hydrogens is 288 g/mol. The fourth-order valence-corrected chi connectivity index (χ4v) is 3.03. The predicted octanol–water partition coefficient (Wildman–Crippen LogP) is 4.22. The number of rotatable bonds is 4. The Balaban J connectivity index is 2.34. The largest absolute Gasteiger partial charge is 0.493 e. The third kappa shape index (κ3) is 2.31. The quantitative estimate of drug-likeness (QED) is 0.725. The van der Waals surface area contributed by atoms with Gasteiger partial charge in [-0.2, -0.15) is 5.26 Å². The van der Waals surface area contributed by atoms with Gasteiger partial charge in [0.25, 0.3) is 0 Å². The Bertz CT molecular complexity index is 904. The summed E-state index contributed by atoms with van der Waals surface area (Å²) in [5, 5.41) is 10.7. The Morgan fingerprint density at radius 1 is 1.04 bits per heavy atom. The lowest BCUT2D eigenvalue weighted by Gasteiger charge is -2.12.